The van der Waals surface area contributed by atoms with Gasteiger partial charge in [-0.1, -0.05) is 54.6 Å². The van der Waals surface area contributed by atoms with Crippen molar-refractivity contribution in [2.75, 3.05) is 20.1 Å². The summed E-state index contributed by atoms with van der Waals surface area (Å²) < 4.78 is 45.1. The third kappa shape index (κ3) is 6.35. The van der Waals surface area contributed by atoms with Crippen LogP contribution >= 0.6 is 0 Å². The summed E-state index contributed by atoms with van der Waals surface area (Å²) in [5.41, 5.74) is 2.62. The molecule has 35 heavy (non-hydrogen) atoms. The van der Waals surface area contributed by atoms with Gasteiger partial charge in [0.15, 0.2) is 0 Å². The minimum atomic E-state index is -4.39. The molecule has 0 heterocycles. The molecular weight excluding hydrogens is 453 g/mol. The lowest BCUT2D eigenvalue weighted by Gasteiger charge is -2.36. The third-order valence-corrected chi connectivity index (χ3v) is 6.41. The number of amides is 2. The molecule has 0 bridgehead atoms. The number of hydrogen-bond donors (Lipinski definition) is 1. The monoisotopic (exact) mass is 482 g/mol. The largest absolute Gasteiger partial charge is 0.485 e. The fraction of sp³-hybridized carbons (Fsp3) is 0.321. The Kier molecular flexibility index (Phi) is 7.63. The Morgan fingerprint density at radius 2 is 1.69 bits per heavy atom. The molecule has 2 atom stereocenters. The van der Waals surface area contributed by atoms with Crippen molar-refractivity contribution in [1.29, 1.82) is 0 Å². The zero-order chi connectivity index (χ0) is 24.8. The second kappa shape index (κ2) is 10.8. The average Bonchev–Trinajstić information content (AvgIpc) is 2.85. The van der Waals surface area contributed by atoms with E-state index in [1.807, 2.05) is 48.5 Å². The molecule has 3 aromatic carbocycles. The Morgan fingerprint density at radius 3 is 2.40 bits per heavy atom. The Bertz CT molecular complexity index is 1120. The van der Waals surface area contributed by atoms with Gasteiger partial charge >= 0.3 is 12.2 Å². The van der Waals surface area contributed by atoms with Crippen molar-refractivity contribution in [3.63, 3.8) is 0 Å². The van der Waals surface area contributed by atoms with Crippen LogP contribution in [0.2, 0.25) is 0 Å². The van der Waals surface area contributed by atoms with E-state index in [2.05, 4.69) is 11.4 Å². The summed E-state index contributed by atoms with van der Waals surface area (Å²) in [7, 11) is 1.76. The number of benzene rings is 3. The van der Waals surface area contributed by atoms with Crippen molar-refractivity contribution in [3.8, 4) is 5.75 Å². The van der Waals surface area contributed by atoms with Gasteiger partial charge < -0.3 is 15.0 Å². The van der Waals surface area contributed by atoms with Gasteiger partial charge in [-0.2, -0.15) is 13.2 Å². The number of carbonyl (C=O) groups excluding carboxylic acids is 1. The number of halogens is 3. The van der Waals surface area contributed by atoms with Crippen LogP contribution in [0.5, 0.6) is 5.75 Å². The maximum absolute atomic E-state index is 13.0. The summed E-state index contributed by atoms with van der Waals surface area (Å²) in [6.45, 7) is 1.00. The molecule has 7 heteroatoms. The smallest absolute Gasteiger partial charge is 0.416 e. The van der Waals surface area contributed by atoms with Gasteiger partial charge in [0.05, 0.1) is 5.56 Å². The molecule has 1 aliphatic carbocycles. The van der Waals surface area contributed by atoms with E-state index < -0.39 is 11.7 Å². The van der Waals surface area contributed by atoms with Crippen molar-refractivity contribution in [2.24, 2.45) is 5.92 Å². The van der Waals surface area contributed by atoms with E-state index in [0.717, 1.165) is 48.1 Å². The lowest BCUT2D eigenvalue weighted by molar-refractivity contribution is -0.137. The summed E-state index contributed by atoms with van der Waals surface area (Å²) in [5.74, 6) is 0.372. The number of hydrogen-bond acceptors (Lipinski definition) is 2. The molecule has 0 saturated heterocycles. The van der Waals surface area contributed by atoms with Crippen LogP contribution < -0.4 is 10.1 Å². The van der Waals surface area contributed by atoms with Gasteiger partial charge in [0.2, 0.25) is 0 Å². The zero-order valence-corrected chi connectivity index (χ0v) is 19.6. The van der Waals surface area contributed by atoms with Crippen LogP contribution in [0.15, 0.2) is 78.9 Å². The minimum absolute atomic E-state index is 0.00272. The molecule has 0 aliphatic heterocycles. The molecule has 1 aliphatic rings. The predicted molar refractivity (Wildman–Crippen MR) is 129 cm³/mol. The number of nitrogens with zero attached hydrogens (tertiary/aromatic N) is 1. The molecule has 0 aromatic heterocycles. The standard InChI is InChI=1S/C28H29F3N2O2/c1-33(27(34)32-18-17-20-7-3-2-4-8-20)19-22-12-11-21-9-5-6-10-25(21)26(22)35-24-15-13-23(14-16-24)28(29,30)31/h2-10,13-16,22,26H,11-12,17-19H2,1H3,(H,32,34)/t22-,26+/m0/s1. The molecule has 2 amide bonds. The van der Waals surface area contributed by atoms with Crippen LogP contribution in [-0.2, 0) is 19.0 Å². The molecule has 1 N–H and O–H groups in total. The Balaban J connectivity index is 1.43. The first-order valence-corrected chi connectivity index (χ1v) is 11.8. The highest BCUT2D eigenvalue weighted by Crippen LogP contribution is 2.39. The van der Waals surface area contributed by atoms with Gasteiger partial charge in [-0.3, -0.25) is 0 Å². The third-order valence-electron chi connectivity index (χ3n) is 6.41. The Morgan fingerprint density at radius 1 is 1.00 bits per heavy atom. The van der Waals surface area contributed by atoms with Crippen LogP contribution in [0.3, 0.4) is 0 Å². The van der Waals surface area contributed by atoms with Crippen molar-refractivity contribution in [1.82, 2.24) is 10.2 Å². The molecule has 184 valence electrons. The summed E-state index contributed by atoms with van der Waals surface area (Å²) in [5, 5.41) is 2.96. The van der Waals surface area contributed by atoms with E-state index in [0.29, 0.717) is 18.8 Å². The zero-order valence-electron chi connectivity index (χ0n) is 19.6. The maximum atomic E-state index is 13.0. The predicted octanol–water partition coefficient (Wildman–Crippen LogP) is 6.27. The molecule has 4 rings (SSSR count). The van der Waals surface area contributed by atoms with Gasteiger partial charge in [-0.25, -0.2) is 4.79 Å². The molecule has 0 fully saturated rings. The van der Waals surface area contributed by atoms with E-state index in [1.54, 1.807) is 11.9 Å². The SMILES string of the molecule is CN(C[C@@H]1CCc2ccccc2[C@@H]1Oc1ccc(C(F)(F)F)cc1)C(=O)NCCc1ccccc1. The first-order valence-electron chi connectivity index (χ1n) is 11.8. The minimum Gasteiger partial charge on any atom is -0.485 e. The number of carbonyl (C=O) groups is 1. The van der Waals surface area contributed by atoms with Crippen molar-refractivity contribution < 1.29 is 22.7 Å². The molecule has 0 saturated carbocycles. The topological polar surface area (TPSA) is 41.6 Å². The second-order valence-electron chi connectivity index (χ2n) is 8.91. The number of nitrogens with one attached hydrogen (secondary N) is 1. The molecule has 0 spiro atoms. The molecule has 4 nitrogen and oxygen atoms in total. The highest BCUT2D eigenvalue weighted by atomic mass is 19.4. The lowest BCUT2D eigenvalue weighted by Crippen LogP contribution is -2.43. The quantitative estimate of drug-likeness (QED) is 0.431. The van der Waals surface area contributed by atoms with Crippen LogP contribution in [0.1, 0.15) is 34.8 Å². The molecule has 0 radical (unpaired) electrons. The fourth-order valence-electron chi connectivity index (χ4n) is 4.53. The van der Waals surface area contributed by atoms with E-state index in [4.69, 9.17) is 4.74 Å². The Labute approximate surface area is 203 Å². The van der Waals surface area contributed by atoms with Gasteiger partial charge in [0.1, 0.15) is 11.9 Å². The molecule has 0 unspecified atom stereocenters. The fourth-order valence-corrected chi connectivity index (χ4v) is 4.53. The van der Waals surface area contributed by atoms with Crippen molar-refractivity contribution in [2.45, 2.75) is 31.5 Å². The summed E-state index contributed by atoms with van der Waals surface area (Å²) in [6, 6.07) is 22.5. The molecule has 3 aromatic rings. The first kappa shape index (κ1) is 24.6. The first-order chi connectivity index (χ1) is 16.8. The maximum Gasteiger partial charge on any atom is 0.416 e. The highest BCUT2D eigenvalue weighted by molar-refractivity contribution is 5.73. The van der Waals surface area contributed by atoms with Crippen LogP contribution in [-0.4, -0.2) is 31.1 Å². The van der Waals surface area contributed by atoms with Gasteiger partial charge in [0.25, 0.3) is 0 Å². The Hall–Kier alpha value is -3.48. The number of ether oxygens (including phenoxy) is 1. The van der Waals surface area contributed by atoms with E-state index in [1.165, 1.54) is 12.1 Å². The highest BCUT2D eigenvalue weighted by Gasteiger charge is 2.34. The van der Waals surface area contributed by atoms with E-state index in [9.17, 15) is 18.0 Å². The van der Waals surface area contributed by atoms with Crippen LogP contribution in [0.4, 0.5) is 18.0 Å². The van der Waals surface area contributed by atoms with Crippen LogP contribution in [0, 0.1) is 5.92 Å². The van der Waals surface area contributed by atoms with Crippen molar-refractivity contribution >= 4 is 6.03 Å². The normalized spacial score (nSPS) is 17.4. The van der Waals surface area contributed by atoms with Crippen LogP contribution in [0.25, 0.3) is 0 Å². The number of fused-ring (bicyclic) bond motifs is 1. The molecular formula is C28H29F3N2O2. The van der Waals surface area contributed by atoms with Gasteiger partial charge in [-0.05, 0) is 60.2 Å². The summed E-state index contributed by atoms with van der Waals surface area (Å²) in [6.07, 6.45) is -2.34. The lowest BCUT2D eigenvalue weighted by atomic mass is 9.81. The number of aryl methyl sites for hydroxylation is 1. The van der Waals surface area contributed by atoms with Gasteiger partial charge in [-0.15, -0.1) is 0 Å². The average molecular weight is 483 g/mol. The number of alkyl halides is 3. The van der Waals surface area contributed by atoms with E-state index in [-0.39, 0.29) is 18.1 Å². The number of urea groups is 1. The summed E-state index contributed by atoms with van der Waals surface area (Å²) >= 11 is 0. The van der Waals surface area contributed by atoms with E-state index >= 15 is 0 Å². The second-order valence-corrected chi connectivity index (χ2v) is 8.91. The number of rotatable bonds is 7. The summed E-state index contributed by atoms with van der Waals surface area (Å²) in [4.78, 5) is 14.4. The van der Waals surface area contributed by atoms with Gasteiger partial charge in [0, 0.05) is 26.1 Å². The van der Waals surface area contributed by atoms with Crippen molar-refractivity contribution in [3.05, 3.63) is 101 Å².